The highest BCUT2D eigenvalue weighted by Crippen LogP contribution is 2.20. The summed E-state index contributed by atoms with van der Waals surface area (Å²) in [6.45, 7) is 3.21. The van der Waals surface area contributed by atoms with E-state index in [1.165, 1.54) is 13.2 Å². The Bertz CT molecular complexity index is 162. The van der Waals surface area contributed by atoms with Crippen LogP contribution in [0.15, 0.2) is 23.9 Å². The summed E-state index contributed by atoms with van der Waals surface area (Å²) < 4.78 is 4.72. The van der Waals surface area contributed by atoms with Crippen molar-refractivity contribution in [3.63, 3.8) is 0 Å². The maximum atomic E-state index is 9.94. The van der Waals surface area contributed by atoms with Crippen LogP contribution in [0.1, 0.15) is 0 Å². The number of ether oxygens (including phenoxy) is 1. The van der Waals surface area contributed by atoms with E-state index in [9.17, 15) is 4.79 Å². The number of aliphatic hydroxyl groups excluding tert-OH is 1. The molecule has 0 saturated carbocycles. The van der Waals surface area contributed by atoms with Gasteiger partial charge < -0.3 is 9.84 Å². The van der Waals surface area contributed by atoms with Crippen molar-refractivity contribution in [2.45, 2.75) is 0 Å². The van der Waals surface area contributed by atoms with Crippen molar-refractivity contribution in [3.8, 4) is 0 Å². The van der Waals surface area contributed by atoms with Crippen LogP contribution in [0, 0.1) is 0 Å². The van der Waals surface area contributed by atoms with E-state index in [4.69, 9.17) is 9.84 Å². The van der Waals surface area contributed by atoms with Gasteiger partial charge in [-0.3, -0.25) is 4.79 Å². The van der Waals surface area contributed by atoms with Crippen molar-refractivity contribution in [1.29, 1.82) is 0 Å². The first-order valence-corrected chi connectivity index (χ1v) is 3.62. The molecule has 0 radical (unpaired) electrons. The second kappa shape index (κ2) is 5.00. The molecule has 0 saturated heterocycles. The Morgan fingerprint density at radius 2 is 2.40 bits per heavy atom. The highest BCUT2D eigenvalue weighted by atomic mass is 31.1. The fourth-order valence-corrected chi connectivity index (χ4v) is 0.853. The monoisotopic (exact) mass is 160 g/mol. The SMILES string of the molecule is C=C(O)/C=C(\OC)PC=O. The molecule has 0 aliphatic heterocycles. The summed E-state index contributed by atoms with van der Waals surface area (Å²) in [5.74, 6) is -0.105. The van der Waals surface area contributed by atoms with Gasteiger partial charge in [-0.1, -0.05) is 6.58 Å². The van der Waals surface area contributed by atoms with E-state index in [2.05, 4.69) is 6.58 Å². The minimum absolute atomic E-state index is 0.0637. The minimum atomic E-state index is -0.105. The Morgan fingerprint density at radius 1 is 1.80 bits per heavy atom. The number of rotatable bonds is 4. The highest BCUT2D eigenvalue weighted by molar-refractivity contribution is 7.58. The zero-order valence-electron chi connectivity index (χ0n) is 5.63. The molecule has 0 aliphatic rings. The van der Waals surface area contributed by atoms with Crippen molar-refractivity contribution < 1.29 is 14.6 Å². The van der Waals surface area contributed by atoms with Crippen LogP contribution in [0.25, 0.3) is 0 Å². The summed E-state index contributed by atoms with van der Waals surface area (Å²) in [5, 5.41) is 8.62. The first kappa shape index (κ1) is 9.18. The molecule has 0 spiro atoms. The number of aliphatic hydroxyl groups is 1. The average molecular weight is 160 g/mol. The van der Waals surface area contributed by atoms with Gasteiger partial charge in [0.05, 0.1) is 7.11 Å². The molecule has 0 rings (SSSR count). The van der Waals surface area contributed by atoms with E-state index in [0.717, 1.165) is 6.03 Å². The van der Waals surface area contributed by atoms with Gasteiger partial charge in [0.2, 0.25) is 0 Å². The van der Waals surface area contributed by atoms with Crippen LogP contribution in [0.3, 0.4) is 0 Å². The summed E-state index contributed by atoms with van der Waals surface area (Å²) >= 11 is 0. The van der Waals surface area contributed by atoms with E-state index >= 15 is 0 Å². The molecule has 56 valence electrons. The predicted octanol–water partition coefficient (Wildman–Crippen LogP) is 1.41. The lowest BCUT2D eigenvalue weighted by molar-refractivity contribution is 0.319. The number of carbonyl (C=O) groups excluding carboxylic acids is 1. The van der Waals surface area contributed by atoms with Gasteiger partial charge in [-0.15, -0.1) is 0 Å². The maximum absolute atomic E-state index is 9.94. The van der Waals surface area contributed by atoms with E-state index < -0.39 is 0 Å². The Labute approximate surface area is 61.2 Å². The zero-order valence-corrected chi connectivity index (χ0v) is 6.63. The van der Waals surface area contributed by atoms with Crippen molar-refractivity contribution in [3.05, 3.63) is 23.9 Å². The smallest absolute Gasteiger partial charge is 0.146 e. The van der Waals surface area contributed by atoms with Crippen molar-refractivity contribution >= 4 is 14.6 Å². The largest absolute Gasteiger partial charge is 0.508 e. The molecule has 3 nitrogen and oxygen atoms in total. The molecule has 0 fully saturated rings. The quantitative estimate of drug-likeness (QED) is 0.293. The molecule has 1 N–H and O–H groups in total. The fraction of sp³-hybridized carbons (Fsp3) is 0.167. The lowest BCUT2D eigenvalue weighted by Crippen LogP contribution is -1.80. The second-order valence-electron chi connectivity index (χ2n) is 1.47. The van der Waals surface area contributed by atoms with Crippen molar-refractivity contribution in [2.75, 3.05) is 7.11 Å². The van der Waals surface area contributed by atoms with Crippen LogP contribution in [-0.2, 0) is 9.53 Å². The van der Waals surface area contributed by atoms with E-state index in [0.29, 0.717) is 5.50 Å². The number of allylic oxidation sites excluding steroid dienone is 1. The van der Waals surface area contributed by atoms with Crippen LogP contribution >= 0.6 is 8.58 Å². The van der Waals surface area contributed by atoms with E-state index in [1.54, 1.807) is 0 Å². The Kier molecular flexibility index (Phi) is 4.59. The van der Waals surface area contributed by atoms with Crippen molar-refractivity contribution in [2.24, 2.45) is 0 Å². The number of hydrogen-bond acceptors (Lipinski definition) is 3. The molecule has 0 amide bonds. The Morgan fingerprint density at radius 3 is 2.70 bits per heavy atom. The summed E-state index contributed by atoms with van der Waals surface area (Å²) in [7, 11) is 1.37. The zero-order chi connectivity index (χ0) is 7.98. The third-order valence-electron chi connectivity index (χ3n) is 0.719. The van der Waals surface area contributed by atoms with Crippen LogP contribution in [0.4, 0.5) is 0 Å². The molecular weight excluding hydrogens is 151 g/mol. The van der Waals surface area contributed by atoms with Crippen molar-refractivity contribution in [1.82, 2.24) is 0 Å². The first-order chi connectivity index (χ1) is 4.70. The Hall–Kier alpha value is -0.820. The molecule has 0 aromatic carbocycles. The molecule has 0 heterocycles. The highest BCUT2D eigenvalue weighted by Gasteiger charge is 1.93. The van der Waals surface area contributed by atoms with Gasteiger partial charge in [0.1, 0.15) is 17.3 Å². The molecule has 0 aliphatic carbocycles. The molecule has 0 aromatic heterocycles. The topological polar surface area (TPSA) is 46.5 Å². The van der Waals surface area contributed by atoms with Gasteiger partial charge in [-0.2, -0.15) is 0 Å². The molecule has 0 bridgehead atoms. The lowest BCUT2D eigenvalue weighted by atomic mass is 10.5. The molecule has 10 heavy (non-hydrogen) atoms. The summed E-state index contributed by atoms with van der Waals surface area (Å²) in [5.41, 5.74) is 0.433. The van der Waals surface area contributed by atoms with Gasteiger partial charge in [-0.05, 0) is 0 Å². The standard InChI is InChI=1S/C6H9O3P/c1-5(8)3-6(9-2)10-4-7/h3-4,8,10H,1H2,2H3/b6-3+. The van der Waals surface area contributed by atoms with Crippen LogP contribution < -0.4 is 0 Å². The molecule has 1 unspecified atom stereocenters. The second-order valence-corrected chi connectivity index (χ2v) is 2.48. The van der Waals surface area contributed by atoms with Crippen LogP contribution in [0.5, 0.6) is 0 Å². The molecular formula is C6H9O3P. The first-order valence-electron chi connectivity index (χ1n) is 2.54. The molecule has 1 atom stereocenters. The van der Waals surface area contributed by atoms with E-state index in [1.807, 2.05) is 0 Å². The van der Waals surface area contributed by atoms with Gasteiger partial charge in [0, 0.05) is 14.7 Å². The van der Waals surface area contributed by atoms with Crippen LogP contribution in [-0.4, -0.2) is 18.2 Å². The third-order valence-corrected chi connectivity index (χ3v) is 1.47. The molecule has 0 aromatic rings. The summed E-state index contributed by atoms with van der Waals surface area (Å²) in [6.07, 6.45) is 1.31. The summed E-state index contributed by atoms with van der Waals surface area (Å²) in [4.78, 5) is 9.94. The normalized spacial score (nSPS) is 11.9. The summed E-state index contributed by atoms with van der Waals surface area (Å²) in [6, 6.07) is 0.721. The number of hydrogen-bond donors (Lipinski definition) is 1. The van der Waals surface area contributed by atoms with Gasteiger partial charge in [0.15, 0.2) is 0 Å². The van der Waals surface area contributed by atoms with Crippen LogP contribution in [0.2, 0.25) is 0 Å². The third kappa shape index (κ3) is 4.10. The minimum Gasteiger partial charge on any atom is -0.508 e. The van der Waals surface area contributed by atoms with Gasteiger partial charge in [-0.25, -0.2) is 0 Å². The predicted molar refractivity (Wildman–Crippen MR) is 41.9 cm³/mol. The maximum Gasteiger partial charge on any atom is 0.146 e. The number of carbonyl (C=O) groups is 1. The molecule has 4 heteroatoms. The fourth-order valence-electron chi connectivity index (χ4n) is 0.369. The average Bonchev–Trinajstić information content (AvgIpc) is 1.86. The Balaban J connectivity index is 4.03. The van der Waals surface area contributed by atoms with E-state index in [-0.39, 0.29) is 14.3 Å². The van der Waals surface area contributed by atoms with Gasteiger partial charge in [0.25, 0.3) is 0 Å². The lowest BCUT2D eigenvalue weighted by Gasteiger charge is -1.99. The van der Waals surface area contributed by atoms with Gasteiger partial charge >= 0.3 is 0 Å². The number of methoxy groups -OCH3 is 1.